The Hall–Kier alpha value is -0.860. The van der Waals surface area contributed by atoms with E-state index in [4.69, 9.17) is 0 Å². The summed E-state index contributed by atoms with van der Waals surface area (Å²) in [5.74, 6) is 0.707. The van der Waals surface area contributed by atoms with Crippen molar-refractivity contribution in [3.05, 3.63) is 35.9 Å². The number of nitrogens with zero attached hydrogens (tertiary/aromatic N) is 1. The standard InChI is InChI=1S/C18H32N2/c1-6-13-19-18(17-10-8-7-9-11-17)12-14-20(5)16(4)15(2)3/h7-11,15-16,18-19H,6,12-14H2,1-5H3. The lowest BCUT2D eigenvalue weighted by molar-refractivity contribution is 0.198. The first kappa shape index (κ1) is 17.2. The van der Waals surface area contributed by atoms with Gasteiger partial charge in [-0.25, -0.2) is 0 Å². The molecule has 0 saturated heterocycles. The zero-order valence-electron chi connectivity index (χ0n) is 13.9. The molecule has 1 N–H and O–H groups in total. The fourth-order valence-corrected chi connectivity index (χ4v) is 2.44. The molecule has 2 atom stereocenters. The number of hydrogen-bond donors (Lipinski definition) is 1. The summed E-state index contributed by atoms with van der Waals surface area (Å²) in [6.45, 7) is 11.4. The molecule has 0 heterocycles. The van der Waals surface area contributed by atoms with E-state index in [1.807, 2.05) is 0 Å². The minimum Gasteiger partial charge on any atom is -0.310 e. The highest BCUT2D eigenvalue weighted by Crippen LogP contribution is 2.18. The predicted molar refractivity (Wildman–Crippen MR) is 89.0 cm³/mol. The van der Waals surface area contributed by atoms with E-state index in [9.17, 15) is 0 Å². The molecule has 1 aromatic rings. The number of benzene rings is 1. The van der Waals surface area contributed by atoms with Crippen LogP contribution in [-0.4, -0.2) is 31.1 Å². The van der Waals surface area contributed by atoms with Gasteiger partial charge in [-0.15, -0.1) is 0 Å². The largest absolute Gasteiger partial charge is 0.310 e. The van der Waals surface area contributed by atoms with E-state index in [2.05, 4.69) is 75.3 Å². The van der Waals surface area contributed by atoms with Gasteiger partial charge in [0.1, 0.15) is 0 Å². The minimum absolute atomic E-state index is 0.470. The predicted octanol–water partition coefficient (Wildman–Crippen LogP) is 4.09. The third-order valence-corrected chi connectivity index (χ3v) is 4.27. The van der Waals surface area contributed by atoms with Gasteiger partial charge in [-0.2, -0.15) is 0 Å². The van der Waals surface area contributed by atoms with Gasteiger partial charge in [-0.1, -0.05) is 51.1 Å². The summed E-state index contributed by atoms with van der Waals surface area (Å²) < 4.78 is 0. The number of rotatable bonds is 9. The molecule has 0 aliphatic rings. The van der Waals surface area contributed by atoms with Crippen molar-refractivity contribution in [3.8, 4) is 0 Å². The monoisotopic (exact) mass is 276 g/mol. The highest BCUT2D eigenvalue weighted by Gasteiger charge is 2.16. The second-order valence-corrected chi connectivity index (χ2v) is 6.17. The van der Waals surface area contributed by atoms with Crippen LogP contribution in [0.2, 0.25) is 0 Å². The van der Waals surface area contributed by atoms with Gasteiger partial charge in [-0.3, -0.25) is 0 Å². The maximum atomic E-state index is 3.68. The van der Waals surface area contributed by atoms with E-state index in [0.717, 1.165) is 19.5 Å². The SMILES string of the molecule is CCCNC(CCN(C)C(C)C(C)C)c1ccccc1. The highest BCUT2D eigenvalue weighted by molar-refractivity contribution is 5.18. The molecule has 0 bridgehead atoms. The van der Waals surface area contributed by atoms with E-state index >= 15 is 0 Å². The fourth-order valence-electron chi connectivity index (χ4n) is 2.44. The van der Waals surface area contributed by atoms with Crippen LogP contribution in [0.3, 0.4) is 0 Å². The van der Waals surface area contributed by atoms with Gasteiger partial charge in [0.2, 0.25) is 0 Å². The van der Waals surface area contributed by atoms with Crippen molar-refractivity contribution in [2.24, 2.45) is 5.92 Å². The van der Waals surface area contributed by atoms with Crippen LogP contribution in [0.25, 0.3) is 0 Å². The lowest BCUT2D eigenvalue weighted by Gasteiger charge is -2.30. The normalized spacial score (nSPS) is 14.8. The smallest absolute Gasteiger partial charge is 0.0332 e. The van der Waals surface area contributed by atoms with Gasteiger partial charge in [0, 0.05) is 12.1 Å². The van der Waals surface area contributed by atoms with E-state index in [0.29, 0.717) is 18.0 Å². The quantitative estimate of drug-likeness (QED) is 0.730. The Bertz CT molecular complexity index is 348. The topological polar surface area (TPSA) is 15.3 Å². The van der Waals surface area contributed by atoms with Crippen LogP contribution in [0.4, 0.5) is 0 Å². The molecule has 2 nitrogen and oxygen atoms in total. The molecule has 114 valence electrons. The molecule has 0 spiro atoms. The second-order valence-electron chi connectivity index (χ2n) is 6.17. The van der Waals surface area contributed by atoms with Gasteiger partial charge in [0.05, 0.1) is 0 Å². The Labute approximate surface area is 125 Å². The van der Waals surface area contributed by atoms with Crippen LogP contribution in [0.15, 0.2) is 30.3 Å². The fraction of sp³-hybridized carbons (Fsp3) is 0.667. The molecule has 1 rings (SSSR count). The summed E-state index contributed by atoms with van der Waals surface area (Å²) in [5.41, 5.74) is 1.41. The molecule has 0 aromatic heterocycles. The molecule has 20 heavy (non-hydrogen) atoms. The van der Waals surface area contributed by atoms with E-state index in [1.165, 1.54) is 12.0 Å². The summed E-state index contributed by atoms with van der Waals surface area (Å²) in [6, 6.07) is 11.9. The van der Waals surface area contributed by atoms with Gasteiger partial charge >= 0.3 is 0 Å². The van der Waals surface area contributed by atoms with Crippen LogP contribution in [-0.2, 0) is 0 Å². The number of nitrogens with one attached hydrogen (secondary N) is 1. The second kappa shape index (κ2) is 9.15. The van der Waals surface area contributed by atoms with Crippen LogP contribution >= 0.6 is 0 Å². The maximum Gasteiger partial charge on any atom is 0.0332 e. The third kappa shape index (κ3) is 5.64. The molecule has 0 saturated carbocycles. The van der Waals surface area contributed by atoms with Crippen molar-refractivity contribution in [3.63, 3.8) is 0 Å². The van der Waals surface area contributed by atoms with Crippen LogP contribution < -0.4 is 5.32 Å². The molecule has 1 aromatic carbocycles. The molecule has 0 amide bonds. The summed E-state index contributed by atoms with van der Waals surface area (Å²) in [7, 11) is 2.24. The van der Waals surface area contributed by atoms with E-state index in [1.54, 1.807) is 0 Å². The van der Waals surface area contributed by atoms with Crippen molar-refractivity contribution in [1.29, 1.82) is 0 Å². The molecule has 0 radical (unpaired) electrons. The lowest BCUT2D eigenvalue weighted by atomic mass is 10.0. The zero-order chi connectivity index (χ0) is 15.0. The van der Waals surface area contributed by atoms with Crippen LogP contribution in [0.5, 0.6) is 0 Å². The van der Waals surface area contributed by atoms with Crippen molar-refractivity contribution in [1.82, 2.24) is 10.2 Å². The average molecular weight is 276 g/mol. The summed E-state index contributed by atoms with van der Waals surface area (Å²) in [6.07, 6.45) is 2.35. The minimum atomic E-state index is 0.470. The first-order valence-corrected chi connectivity index (χ1v) is 8.04. The summed E-state index contributed by atoms with van der Waals surface area (Å²) in [4.78, 5) is 2.48. The van der Waals surface area contributed by atoms with E-state index in [-0.39, 0.29) is 0 Å². The van der Waals surface area contributed by atoms with Crippen LogP contribution in [0, 0.1) is 5.92 Å². The van der Waals surface area contributed by atoms with Crippen molar-refractivity contribution in [2.45, 2.75) is 52.6 Å². The van der Waals surface area contributed by atoms with Gasteiger partial charge in [-0.05, 0) is 51.4 Å². The Balaban J connectivity index is 2.57. The Morgan fingerprint density at radius 3 is 2.30 bits per heavy atom. The van der Waals surface area contributed by atoms with Crippen molar-refractivity contribution < 1.29 is 0 Å². The molecule has 0 aliphatic carbocycles. The molecular formula is C18H32N2. The summed E-state index contributed by atoms with van der Waals surface area (Å²) in [5, 5.41) is 3.68. The lowest BCUT2D eigenvalue weighted by Crippen LogP contribution is -2.36. The first-order chi connectivity index (χ1) is 9.56. The van der Waals surface area contributed by atoms with E-state index < -0.39 is 0 Å². The Morgan fingerprint density at radius 2 is 1.75 bits per heavy atom. The third-order valence-electron chi connectivity index (χ3n) is 4.27. The maximum absolute atomic E-state index is 3.68. The molecule has 0 aliphatic heterocycles. The van der Waals surface area contributed by atoms with Gasteiger partial charge in [0.25, 0.3) is 0 Å². The van der Waals surface area contributed by atoms with Crippen molar-refractivity contribution in [2.75, 3.05) is 20.1 Å². The molecule has 2 heteroatoms. The Morgan fingerprint density at radius 1 is 1.10 bits per heavy atom. The van der Waals surface area contributed by atoms with Crippen LogP contribution in [0.1, 0.15) is 52.1 Å². The zero-order valence-corrected chi connectivity index (χ0v) is 13.9. The van der Waals surface area contributed by atoms with Gasteiger partial charge < -0.3 is 10.2 Å². The molecule has 2 unspecified atom stereocenters. The first-order valence-electron chi connectivity index (χ1n) is 8.04. The number of hydrogen-bond acceptors (Lipinski definition) is 2. The highest BCUT2D eigenvalue weighted by atomic mass is 15.1. The molecule has 0 fully saturated rings. The van der Waals surface area contributed by atoms with Crippen molar-refractivity contribution >= 4 is 0 Å². The average Bonchev–Trinajstić information content (AvgIpc) is 2.47. The Kier molecular flexibility index (Phi) is 7.86. The molecular weight excluding hydrogens is 244 g/mol. The summed E-state index contributed by atoms with van der Waals surface area (Å²) >= 11 is 0. The van der Waals surface area contributed by atoms with Gasteiger partial charge in [0.15, 0.2) is 0 Å².